The number of aliphatic hydroxyl groups excluding tert-OH is 1. The molecule has 5 heteroatoms. The number of aliphatic hydroxyl groups is 1. The van der Waals surface area contributed by atoms with Crippen LogP contribution in [0.15, 0.2) is 10.5 Å². The fourth-order valence-corrected chi connectivity index (χ4v) is 1.55. The van der Waals surface area contributed by atoms with Crippen LogP contribution in [0.5, 0.6) is 0 Å². The van der Waals surface area contributed by atoms with E-state index in [1.54, 1.807) is 0 Å². The van der Waals surface area contributed by atoms with Crippen molar-refractivity contribution in [3.63, 3.8) is 0 Å². The molecule has 3 N–H and O–H groups in total. The third-order valence-corrected chi connectivity index (χ3v) is 2.63. The van der Waals surface area contributed by atoms with Crippen LogP contribution >= 0.6 is 0 Å². The van der Waals surface area contributed by atoms with Gasteiger partial charge in [-0.15, -0.1) is 0 Å². The van der Waals surface area contributed by atoms with Gasteiger partial charge in [0.1, 0.15) is 11.5 Å². The van der Waals surface area contributed by atoms with Crippen molar-refractivity contribution in [2.24, 2.45) is 0 Å². The molecule has 1 atom stereocenters. The number of urea groups is 1. The first kappa shape index (κ1) is 13.6. The van der Waals surface area contributed by atoms with Crippen molar-refractivity contribution >= 4 is 6.03 Å². The highest BCUT2D eigenvalue weighted by atomic mass is 16.3. The van der Waals surface area contributed by atoms with Crippen LogP contribution in [0, 0.1) is 13.8 Å². The third-order valence-electron chi connectivity index (χ3n) is 2.63. The lowest BCUT2D eigenvalue weighted by molar-refractivity contribution is 0.214. The SMILES string of the molecule is CCC(CO)NC(=O)NCc1cc(C)oc1C. The Balaban J connectivity index is 2.40. The molecule has 0 aromatic carbocycles. The maximum atomic E-state index is 11.5. The summed E-state index contributed by atoms with van der Waals surface area (Å²) in [4.78, 5) is 11.5. The normalized spacial score (nSPS) is 12.2. The second-order valence-electron chi connectivity index (χ2n) is 4.05. The molecule has 0 fully saturated rings. The van der Waals surface area contributed by atoms with Gasteiger partial charge in [-0.05, 0) is 26.3 Å². The van der Waals surface area contributed by atoms with E-state index in [2.05, 4.69) is 10.6 Å². The van der Waals surface area contributed by atoms with Gasteiger partial charge in [-0.1, -0.05) is 6.92 Å². The standard InChI is InChI=1S/C12H20N2O3/c1-4-11(7-15)14-12(16)13-6-10-5-8(2)17-9(10)3/h5,11,15H,4,6-7H2,1-3H3,(H2,13,14,16). The summed E-state index contributed by atoms with van der Waals surface area (Å²) in [5, 5.41) is 14.4. The fourth-order valence-electron chi connectivity index (χ4n) is 1.55. The van der Waals surface area contributed by atoms with Crippen molar-refractivity contribution < 1.29 is 14.3 Å². The van der Waals surface area contributed by atoms with Gasteiger partial charge in [0, 0.05) is 12.1 Å². The average Bonchev–Trinajstić information content (AvgIpc) is 2.62. The molecular formula is C12H20N2O3. The third kappa shape index (κ3) is 4.11. The van der Waals surface area contributed by atoms with E-state index < -0.39 is 0 Å². The zero-order valence-electron chi connectivity index (χ0n) is 10.5. The maximum absolute atomic E-state index is 11.5. The van der Waals surface area contributed by atoms with Crippen molar-refractivity contribution in [2.45, 2.75) is 39.8 Å². The first-order valence-electron chi connectivity index (χ1n) is 5.78. The molecule has 17 heavy (non-hydrogen) atoms. The number of hydrogen-bond acceptors (Lipinski definition) is 3. The summed E-state index contributed by atoms with van der Waals surface area (Å²) in [6.45, 7) is 6.02. The monoisotopic (exact) mass is 240 g/mol. The van der Waals surface area contributed by atoms with Gasteiger partial charge in [0.25, 0.3) is 0 Å². The Labute approximate surface area is 101 Å². The minimum atomic E-state index is -0.274. The molecular weight excluding hydrogens is 220 g/mol. The second-order valence-corrected chi connectivity index (χ2v) is 4.05. The van der Waals surface area contributed by atoms with Crippen LogP contribution < -0.4 is 10.6 Å². The second kappa shape index (κ2) is 6.30. The Morgan fingerprint density at radius 2 is 2.24 bits per heavy atom. The minimum absolute atomic E-state index is 0.0479. The molecule has 1 aromatic rings. The van der Waals surface area contributed by atoms with E-state index in [1.807, 2.05) is 26.8 Å². The molecule has 0 saturated carbocycles. The van der Waals surface area contributed by atoms with Gasteiger partial charge in [-0.3, -0.25) is 0 Å². The Kier molecular flexibility index (Phi) is 5.03. The molecule has 0 aliphatic rings. The lowest BCUT2D eigenvalue weighted by Gasteiger charge is -2.14. The Morgan fingerprint density at radius 1 is 1.53 bits per heavy atom. The summed E-state index contributed by atoms with van der Waals surface area (Å²) in [5.74, 6) is 1.65. The number of nitrogens with one attached hydrogen (secondary N) is 2. The number of aryl methyl sites for hydroxylation is 2. The zero-order chi connectivity index (χ0) is 12.8. The topological polar surface area (TPSA) is 74.5 Å². The van der Waals surface area contributed by atoms with E-state index in [1.165, 1.54) is 0 Å². The molecule has 1 rings (SSSR count). The summed E-state index contributed by atoms with van der Waals surface area (Å²) in [5.41, 5.74) is 0.967. The molecule has 2 amide bonds. The first-order valence-corrected chi connectivity index (χ1v) is 5.78. The lowest BCUT2D eigenvalue weighted by atomic mass is 10.2. The minimum Gasteiger partial charge on any atom is -0.466 e. The number of hydrogen-bond donors (Lipinski definition) is 3. The number of rotatable bonds is 5. The molecule has 0 saturated heterocycles. The van der Waals surface area contributed by atoms with E-state index in [0.29, 0.717) is 13.0 Å². The number of carbonyl (C=O) groups is 1. The summed E-state index contributed by atoms with van der Waals surface area (Å²) < 4.78 is 5.36. The molecule has 1 heterocycles. The largest absolute Gasteiger partial charge is 0.466 e. The van der Waals surface area contributed by atoms with Crippen LogP contribution in [0.4, 0.5) is 4.79 Å². The summed E-state index contributed by atoms with van der Waals surface area (Å²) >= 11 is 0. The van der Waals surface area contributed by atoms with Crippen LogP contribution in [0.2, 0.25) is 0 Å². The predicted octanol–water partition coefficient (Wildman–Crippen LogP) is 1.47. The van der Waals surface area contributed by atoms with Crippen LogP contribution in [-0.2, 0) is 6.54 Å². The Morgan fingerprint density at radius 3 is 2.71 bits per heavy atom. The molecule has 0 spiro atoms. The molecule has 5 nitrogen and oxygen atoms in total. The highest BCUT2D eigenvalue weighted by Crippen LogP contribution is 2.12. The first-order chi connectivity index (χ1) is 8.06. The molecule has 1 unspecified atom stereocenters. The maximum Gasteiger partial charge on any atom is 0.315 e. The average molecular weight is 240 g/mol. The number of furan rings is 1. The predicted molar refractivity (Wildman–Crippen MR) is 64.7 cm³/mol. The van der Waals surface area contributed by atoms with Gasteiger partial charge in [0.2, 0.25) is 0 Å². The van der Waals surface area contributed by atoms with Crippen molar-refractivity contribution in [1.82, 2.24) is 10.6 Å². The van der Waals surface area contributed by atoms with Crippen molar-refractivity contribution in [2.75, 3.05) is 6.61 Å². The Hall–Kier alpha value is -1.49. The summed E-state index contributed by atoms with van der Waals surface area (Å²) in [6, 6.07) is 1.44. The van der Waals surface area contributed by atoms with Gasteiger partial charge in [-0.2, -0.15) is 0 Å². The molecule has 0 aliphatic carbocycles. The highest BCUT2D eigenvalue weighted by molar-refractivity contribution is 5.74. The van der Waals surface area contributed by atoms with Gasteiger partial charge in [0.15, 0.2) is 0 Å². The highest BCUT2D eigenvalue weighted by Gasteiger charge is 2.10. The molecule has 1 aromatic heterocycles. The lowest BCUT2D eigenvalue weighted by Crippen LogP contribution is -2.43. The van der Waals surface area contributed by atoms with Gasteiger partial charge in [0.05, 0.1) is 12.6 Å². The van der Waals surface area contributed by atoms with E-state index in [4.69, 9.17) is 9.52 Å². The van der Waals surface area contributed by atoms with Crippen LogP contribution in [-0.4, -0.2) is 23.8 Å². The molecule has 0 aliphatic heterocycles. The van der Waals surface area contributed by atoms with E-state index >= 15 is 0 Å². The fraction of sp³-hybridized carbons (Fsp3) is 0.583. The van der Waals surface area contributed by atoms with E-state index in [0.717, 1.165) is 17.1 Å². The van der Waals surface area contributed by atoms with E-state index in [-0.39, 0.29) is 18.7 Å². The van der Waals surface area contributed by atoms with Crippen molar-refractivity contribution in [3.05, 3.63) is 23.2 Å². The van der Waals surface area contributed by atoms with Crippen LogP contribution in [0.1, 0.15) is 30.4 Å². The van der Waals surface area contributed by atoms with Gasteiger partial charge in [-0.25, -0.2) is 4.79 Å². The smallest absolute Gasteiger partial charge is 0.315 e. The number of amides is 2. The van der Waals surface area contributed by atoms with Crippen LogP contribution in [0.25, 0.3) is 0 Å². The van der Waals surface area contributed by atoms with E-state index in [9.17, 15) is 4.79 Å². The zero-order valence-corrected chi connectivity index (χ0v) is 10.5. The molecule has 96 valence electrons. The van der Waals surface area contributed by atoms with Crippen molar-refractivity contribution in [1.29, 1.82) is 0 Å². The summed E-state index contributed by atoms with van der Waals surface area (Å²) in [7, 11) is 0. The molecule has 0 radical (unpaired) electrons. The van der Waals surface area contributed by atoms with Crippen molar-refractivity contribution in [3.8, 4) is 0 Å². The van der Waals surface area contributed by atoms with Gasteiger partial charge < -0.3 is 20.2 Å². The van der Waals surface area contributed by atoms with Gasteiger partial charge >= 0.3 is 6.03 Å². The summed E-state index contributed by atoms with van der Waals surface area (Å²) in [6.07, 6.45) is 0.702. The Bertz CT molecular complexity index is 370. The number of carbonyl (C=O) groups excluding carboxylic acids is 1. The molecule has 0 bridgehead atoms. The van der Waals surface area contributed by atoms with Crippen LogP contribution in [0.3, 0.4) is 0 Å². The quantitative estimate of drug-likeness (QED) is 0.729.